The molecule has 21 rings (SSSR count). The van der Waals surface area contributed by atoms with Crippen LogP contribution >= 0.6 is 0 Å². The average Bonchev–Trinajstić information content (AvgIpc) is 1.70. The van der Waals surface area contributed by atoms with E-state index in [0.29, 0.717) is 0 Å². The van der Waals surface area contributed by atoms with Crippen molar-refractivity contribution < 1.29 is 0 Å². The number of nitrogens with zero attached hydrogens (tertiary/aromatic N) is 2. The molecule has 0 aliphatic carbocycles. The predicted octanol–water partition coefficient (Wildman–Crippen LogP) is 28.2. The Bertz CT molecular complexity index is 6800. The van der Waals surface area contributed by atoms with Gasteiger partial charge < -0.3 is 9.13 Å². The maximum atomic E-state index is 2.45. The summed E-state index contributed by atoms with van der Waals surface area (Å²) in [6, 6.07) is 146. The molecule has 104 heavy (non-hydrogen) atoms. The molecule has 0 atom stereocenters. The highest BCUT2D eigenvalue weighted by molar-refractivity contribution is 6.29. The first-order chi connectivity index (χ1) is 51.6. The largest absolute Gasteiger partial charge is 0.309 e. The molecule has 0 radical (unpaired) electrons. The fraction of sp³-hybridized carbons (Fsp3) is 0. The summed E-state index contributed by atoms with van der Waals surface area (Å²) in [6.07, 6.45) is 0. The smallest absolute Gasteiger partial charge is 0.0547 e. The monoisotopic (exact) mass is 1320 g/mol. The van der Waals surface area contributed by atoms with E-state index in [-0.39, 0.29) is 0 Å². The Morgan fingerprint density at radius 1 is 0.144 bits per heavy atom. The SMILES string of the molecule is c1ccc(-c2ccc3c(-c4ccc(-n5c6ccc7ccccc7c6c6c7ccccc7ccc65)cc4)c4ccccc4c(-c4ccccc4)c3c2)cc1.c1ccc(-c2ccc3c(-c4ccc(-n5c6ccccc6c6c(-c7ccccc7)cccc65)cc4)c4ccccc4c(-c4ccccc4)c3c2)cc1. The molecule has 0 bridgehead atoms. The lowest BCUT2D eigenvalue weighted by atomic mass is 9.85. The fourth-order valence-corrected chi connectivity index (χ4v) is 17.0. The normalized spacial score (nSPS) is 11.7. The van der Waals surface area contributed by atoms with Gasteiger partial charge in [-0.2, -0.15) is 0 Å². The summed E-state index contributed by atoms with van der Waals surface area (Å²) in [6.45, 7) is 0. The maximum Gasteiger partial charge on any atom is 0.0547 e. The van der Waals surface area contributed by atoms with E-state index in [1.54, 1.807) is 0 Å². The second-order valence-electron chi connectivity index (χ2n) is 27.3. The Morgan fingerprint density at radius 3 is 0.875 bits per heavy atom. The van der Waals surface area contributed by atoms with Crippen LogP contribution in [0, 0.1) is 0 Å². The third kappa shape index (κ3) is 10.0. The maximum absolute atomic E-state index is 2.45. The minimum Gasteiger partial charge on any atom is -0.309 e. The standard InChI is InChI=1S/C52H33N.C50H33N/c1-3-13-34(14-4-1)39-25-30-45-46(33-39)50(37-17-5-2-6-18-37)44-22-12-11-21-43(44)49(45)38-23-28-40(29-24-38)53-47-31-26-35-15-7-9-19-41(35)51(47)52-42-20-10-8-16-36(42)27-32-48(52)53;1-4-15-34(16-5-1)38-29-32-43-45(33-38)49(36-19-8-3-9-20-36)42-22-11-10-21-41(42)48(43)37-27-30-39(31-28-37)51-46-25-13-12-23-44(46)50-40(24-14-26-47(50)51)35-17-6-2-7-18-35/h1-33H;1-33H. The van der Waals surface area contributed by atoms with E-state index in [2.05, 4.69) is 410 Å². The molecule has 2 heterocycles. The summed E-state index contributed by atoms with van der Waals surface area (Å²) in [5.74, 6) is 0. The second kappa shape index (κ2) is 25.2. The van der Waals surface area contributed by atoms with Crippen LogP contribution in [0.2, 0.25) is 0 Å². The molecule has 2 heteroatoms. The van der Waals surface area contributed by atoms with Crippen LogP contribution in [0.4, 0.5) is 0 Å². The summed E-state index contributed by atoms with van der Waals surface area (Å²) >= 11 is 0. The number of aromatic nitrogens is 2. The van der Waals surface area contributed by atoms with Crippen molar-refractivity contribution in [3.8, 4) is 89.3 Å². The lowest BCUT2D eigenvalue weighted by Gasteiger charge is -2.19. The molecule has 0 unspecified atom stereocenters. The number of hydrogen-bond acceptors (Lipinski definition) is 0. The van der Waals surface area contributed by atoms with Crippen molar-refractivity contribution in [2.75, 3.05) is 0 Å². The Labute approximate surface area is 603 Å². The number of fused-ring (bicyclic) bond motifs is 14. The van der Waals surface area contributed by atoms with Crippen LogP contribution in [0.1, 0.15) is 0 Å². The van der Waals surface area contributed by atoms with Gasteiger partial charge >= 0.3 is 0 Å². The first kappa shape index (κ1) is 60.3. The highest BCUT2D eigenvalue weighted by atomic mass is 15.0. The molecular formula is C102H66N2. The lowest BCUT2D eigenvalue weighted by Crippen LogP contribution is -1.95. The third-order valence-electron chi connectivity index (χ3n) is 21.5. The van der Waals surface area contributed by atoms with Gasteiger partial charge in [-0.1, -0.05) is 340 Å². The highest BCUT2D eigenvalue weighted by Gasteiger charge is 2.23. The number of para-hydroxylation sites is 1. The first-order valence-electron chi connectivity index (χ1n) is 36.0. The van der Waals surface area contributed by atoms with Gasteiger partial charge in [-0.05, 0) is 203 Å². The summed E-state index contributed by atoms with van der Waals surface area (Å²) in [5, 5.41) is 20.3. The van der Waals surface area contributed by atoms with E-state index >= 15 is 0 Å². The molecule has 0 fully saturated rings. The van der Waals surface area contributed by atoms with Crippen LogP contribution in [0.15, 0.2) is 400 Å². The van der Waals surface area contributed by atoms with E-state index in [1.807, 2.05) is 0 Å². The van der Waals surface area contributed by atoms with Crippen molar-refractivity contribution in [1.29, 1.82) is 0 Å². The van der Waals surface area contributed by atoms with Crippen LogP contribution in [0.25, 0.3) is 198 Å². The van der Waals surface area contributed by atoms with Crippen molar-refractivity contribution in [3.63, 3.8) is 0 Å². The van der Waals surface area contributed by atoms with E-state index < -0.39 is 0 Å². The van der Waals surface area contributed by atoms with Crippen molar-refractivity contribution in [3.05, 3.63) is 400 Å². The van der Waals surface area contributed by atoms with E-state index in [1.165, 1.54) is 186 Å². The molecule has 19 aromatic carbocycles. The lowest BCUT2D eigenvalue weighted by molar-refractivity contribution is 1.18. The Kier molecular flexibility index (Phi) is 14.6. The number of hydrogen-bond donors (Lipinski definition) is 0. The molecule has 0 spiro atoms. The molecule has 484 valence electrons. The first-order valence-corrected chi connectivity index (χ1v) is 36.0. The number of benzene rings is 19. The van der Waals surface area contributed by atoms with E-state index in [9.17, 15) is 0 Å². The Hall–Kier alpha value is -13.7. The summed E-state index contributed by atoms with van der Waals surface area (Å²) in [7, 11) is 0. The van der Waals surface area contributed by atoms with Crippen LogP contribution in [-0.4, -0.2) is 9.13 Å². The number of rotatable bonds is 9. The van der Waals surface area contributed by atoms with Gasteiger partial charge in [0.05, 0.1) is 22.1 Å². The molecule has 21 aromatic rings. The minimum atomic E-state index is 1.15. The second-order valence-corrected chi connectivity index (χ2v) is 27.3. The van der Waals surface area contributed by atoms with Gasteiger partial charge in [-0.15, -0.1) is 0 Å². The van der Waals surface area contributed by atoms with Crippen molar-refractivity contribution in [2.24, 2.45) is 0 Å². The quantitative estimate of drug-likeness (QED) is 0.128. The summed E-state index contributed by atoms with van der Waals surface area (Å²) in [5.41, 5.74) is 24.5. The summed E-state index contributed by atoms with van der Waals surface area (Å²) < 4.78 is 4.87. The fourth-order valence-electron chi connectivity index (χ4n) is 17.0. The zero-order valence-electron chi connectivity index (χ0n) is 57.0. The van der Waals surface area contributed by atoms with Gasteiger partial charge in [0, 0.05) is 32.9 Å². The molecule has 0 saturated heterocycles. The van der Waals surface area contributed by atoms with Crippen molar-refractivity contribution in [2.45, 2.75) is 0 Å². The molecular weight excluding hydrogens is 1250 g/mol. The molecule has 0 aliphatic rings. The van der Waals surface area contributed by atoms with Crippen molar-refractivity contribution in [1.82, 2.24) is 9.13 Å². The Balaban J connectivity index is 0.000000139. The van der Waals surface area contributed by atoms with Gasteiger partial charge in [-0.25, -0.2) is 0 Å². The molecule has 0 saturated carbocycles. The molecule has 2 aromatic heterocycles. The van der Waals surface area contributed by atoms with Gasteiger partial charge in [0.25, 0.3) is 0 Å². The van der Waals surface area contributed by atoms with Crippen LogP contribution in [-0.2, 0) is 0 Å². The highest BCUT2D eigenvalue weighted by Crippen LogP contribution is 2.49. The molecule has 2 nitrogen and oxygen atoms in total. The third-order valence-corrected chi connectivity index (χ3v) is 21.5. The van der Waals surface area contributed by atoms with Crippen LogP contribution in [0.5, 0.6) is 0 Å². The molecule has 0 N–H and O–H groups in total. The summed E-state index contributed by atoms with van der Waals surface area (Å²) in [4.78, 5) is 0. The van der Waals surface area contributed by atoms with Crippen LogP contribution in [0.3, 0.4) is 0 Å². The zero-order chi connectivity index (χ0) is 68.6. The van der Waals surface area contributed by atoms with Gasteiger partial charge in [0.15, 0.2) is 0 Å². The van der Waals surface area contributed by atoms with Crippen LogP contribution < -0.4 is 0 Å². The minimum absolute atomic E-state index is 1.15. The molecule has 0 amide bonds. The average molecular weight is 1320 g/mol. The zero-order valence-corrected chi connectivity index (χ0v) is 57.0. The van der Waals surface area contributed by atoms with Gasteiger partial charge in [0.1, 0.15) is 0 Å². The Morgan fingerprint density at radius 2 is 0.442 bits per heavy atom. The van der Waals surface area contributed by atoms with Crippen molar-refractivity contribution >= 4 is 108 Å². The van der Waals surface area contributed by atoms with E-state index in [0.717, 1.165) is 11.4 Å². The molecule has 0 aliphatic heterocycles. The van der Waals surface area contributed by atoms with Gasteiger partial charge in [0.2, 0.25) is 0 Å². The predicted molar refractivity (Wildman–Crippen MR) is 445 cm³/mol. The van der Waals surface area contributed by atoms with E-state index in [4.69, 9.17) is 0 Å². The topological polar surface area (TPSA) is 9.86 Å². The van der Waals surface area contributed by atoms with Gasteiger partial charge in [-0.3, -0.25) is 0 Å².